The van der Waals surface area contributed by atoms with Crippen LogP contribution in [-0.2, 0) is 5.41 Å². The lowest BCUT2D eigenvalue weighted by molar-refractivity contribution is 0.672. The summed E-state index contributed by atoms with van der Waals surface area (Å²) in [5.41, 5.74) is 10.5. The van der Waals surface area contributed by atoms with Gasteiger partial charge in [0.2, 0.25) is 0 Å². The standard InChI is InChI=1S/C47H32/c1-47(2)45-35-24-22-30(29-13-11-14-31(26-29)43-28-32-12-3-4-15-34(32)36-16-5-6-19-39(36)43)27-33(35)23-25-42(45)44-40-20-9-7-17-37(40)38-18-8-10-21-41(38)46(44)47/h3-28H,1-2H3. The van der Waals surface area contributed by atoms with Crippen LogP contribution in [-0.4, -0.2) is 0 Å². The number of fused-ring (bicyclic) bond motifs is 13. The van der Waals surface area contributed by atoms with Crippen LogP contribution in [0.15, 0.2) is 158 Å². The second-order valence-electron chi connectivity index (χ2n) is 13.7. The Morgan fingerprint density at radius 3 is 1.68 bits per heavy atom. The average molecular weight is 597 g/mol. The van der Waals surface area contributed by atoms with Gasteiger partial charge in [0, 0.05) is 5.41 Å². The smallest absolute Gasteiger partial charge is 0.0171 e. The minimum absolute atomic E-state index is 0.133. The van der Waals surface area contributed by atoms with Crippen LogP contribution in [0, 0.1) is 0 Å². The third kappa shape index (κ3) is 3.70. The Hall–Kier alpha value is -5.72. The fraction of sp³-hybridized carbons (Fsp3) is 0.0638. The molecule has 0 radical (unpaired) electrons. The fourth-order valence-corrected chi connectivity index (χ4v) is 8.75. The van der Waals surface area contributed by atoms with E-state index in [1.54, 1.807) is 0 Å². The van der Waals surface area contributed by atoms with E-state index in [0.717, 1.165) is 0 Å². The van der Waals surface area contributed by atoms with Gasteiger partial charge in [-0.3, -0.25) is 0 Å². The van der Waals surface area contributed by atoms with E-state index < -0.39 is 0 Å². The van der Waals surface area contributed by atoms with Crippen molar-refractivity contribution in [2.24, 2.45) is 0 Å². The minimum atomic E-state index is -0.133. The van der Waals surface area contributed by atoms with Crippen LogP contribution in [0.2, 0.25) is 0 Å². The van der Waals surface area contributed by atoms with Crippen LogP contribution in [0.5, 0.6) is 0 Å². The molecular formula is C47H32. The summed E-state index contributed by atoms with van der Waals surface area (Å²) in [4.78, 5) is 0. The van der Waals surface area contributed by atoms with Gasteiger partial charge in [-0.15, -0.1) is 0 Å². The van der Waals surface area contributed by atoms with Crippen LogP contribution in [0.1, 0.15) is 25.0 Å². The number of rotatable bonds is 2. The van der Waals surface area contributed by atoms with Gasteiger partial charge in [-0.05, 0) is 117 Å². The maximum absolute atomic E-state index is 2.42. The molecule has 0 N–H and O–H groups in total. The summed E-state index contributed by atoms with van der Waals surface area (Å²) in [6.07, 6.45) is 0. The van der Waals surface area contributed by atoms with Crippen molar-refractivity contribution in [1.82, 2.24) is 0 Å². The van der Waals surface area contributed by atoms with Crippen molar-refractivity contribution in [3.05, 3.63) is 169 Å². The van der Waals surface area contributed by atoms with E-state index in [1.165, 1.54) is 98.4 Å². The summed E-state index contributed by atoms with van der Waals surface area (Å²) in [7, 11) is 0. The monoisotopic (exact) mass is 596 g/mol. The van der Waals surface area contributed by atoms with Gasteiger partial charge in [-0.1, -0.05) is 153 Å². The van der Waals surface area contributed by atoms with E-state index in [0.29, 0.717) is 0 Å². The highest BCUT2D eigenvalue weighted by molar-refractivity contribution is 6.19. The lowest BCUT2D eigenvalue weighted by Crippen LogP contribution is -2.16. The molecule has 10 rings (SSSR count). The van der Waals surface area contributed by atoms with Crippen molar-refractivity contribution in [3.63, 3.8) is 0 Å². The molecule has 0 bridgehead atoms. The maximum atomic E-state index is 2.42. The topological polar surface area (TPSA) is 0 Å². The average Bonchev–Trinajstić information content (AvgIpc) is 3.38. The van der Waals surface area contributed by atoms with Crippen molar-refractivity contribution in [2.45, 2.75) is 19.3 Å². The second kappa shape index (κ2) is 9.64. The Morgan fingerprint density at radius 1 is 0.319 bits per heavy atom. The zero-order valence-corrected chi connectivity index (χ0v) is 26.5. The van der Waals surface area contributed by atoms with Crippen LogP contribution >= 0.6 is 0 Å². The highest BCUT2D eigenvalue weighted by Gasteiger charge is 2.39. The maximum Gasteiger partial charge on any atom is 0.0171 e. The molecule has 0 saturated carbocycles. The molecule has 0 heteroatoms. The molecule has 0 aliphatic heterocycles. The largest absolute Gasteiger partial charge is 0.0616 e. The molecule has 0 unspecified atom stereocenters. The third-order valence-electron chi connectivity index (χ3n) is 10.7. The van der Waals surface area contributed by atoms with Gasteiger partial charge in [-0.25, -0.2) is 0 Å². The highest BCUT2D eigenvalue weighted by atomic mass is 14.4. The Kier molecular flexibility index (Phi) is 5.44. The van der Waals surface area contributed by atoms with Gasteiger partial charge in [0.1, 0.15) is 0 Å². The summed E-state index contributed by atoms with van der Waals surface area (Å²) >= 11 is 0. The quantitative estimate of drug-likeness (QED) is 0.174. The van der Waals surface area contributed by atoms with Gasteiger partial charge in [0.05, 0.1) is 0 Å². The zero-order valence-electron chi connectivity index (χ0n) is 26.5. The van der Waals surface area contributed by atoms with Crippen molar-refractivity contribution >= 4 is 53.9 Å². The summed E-state index contributed by atoms with van der Waals surface area (Å²) < 4.78 is 0. The minimum Gasteiger partial charge on any atom is -0.0616 e. The molecular weight excluding hydrogens is 565 g/mol. The molecule has 0 fully saturated rings. The molecule has 0 saturated heterocycles. The molecule has 9 aromatic rings. The molecule has 0 spiro atoms. The van der Waals surface area contributed by atoms with Crippen LogP contribution in [0.4, 0.5) is 0 Å². The molecule has 9 aromatic carbocycles. The van der Waals surface area contributed by atoms with Crippen LogP contribution < -0.4 is 0 Å². The normalized spacial score (nSPS) is 13.5. The molecule has 0 nitrogen and oxygen atoms in total. The first-order chi connectivity index (χ1) is 23.1. The summed E-state index contributed by atoms with van der Waals surface area (Å²) in [6.45, 7) is 4.84. The molecule has 0 atom stereocenters. The van der Waals surface area contributed by atoms with Crippen molar-refractivity contribution in [2.75, 3.05) is 0 Å². The Bertz CT molecular complexity index is 2760. The number of hydrogen-bond donors (Lipinski definition) is 0. The molecule has 1 aliphatic carbocycles. The highest BCUT2D eigenvalue weighted by Crippen LogP contribution is 2.56. The molecule has 0 amide bonds. The van der Waals surface area contributed by atoms with E-state index in [-0.39, 0.29) is 5.41 Å². The van der Waals surface area contributed by atoms with E-state index in [1.807, 2.05) is 0 Å². The predicted octanol–water partition coefficient (Wildman–Crippen LogP) is 13.1. The van der Waals surface area contributed by atoms with Crippen molar-refractivity contribution < 1.29 is 0 Å². The molecule has 47 heavy (non-hydrogen) atoms. The Morgan fingerprint density at radius 2 is 0.894 bits per heavy atom. The first-order valence-corrected chi connectivity index (χ1v) is 16.6. The Balaban J connectivity index is 1.15. The van der Waals surface area contributed by atoms with Gasteiger partial charge in [-0.2, -0.15) is 0 Å². The van der Waals surface area contributed by atoms with Crippen molar-refractivity contribution in [1.29, 1.82) is 0 Å². The van der Waals surface area contributed by atoms with Crippen molar-refractivity contribution in [3.8, 4) is 33.4 Å². The molecule has 1 aliphatic rings. The van der Waals surface area contributed by atoms with E-state index >= 15 is 0 Å². The van der Waals surface area contributed by atoms with E-state index in [2.05, 4.69) is 172 Å². The Labute approximate surface area is 274 Å². The summed E-state index contributed by atoms with van der Waals surface area (Å²) in [5, 5.41) is 13.2. The molecule has 0 heterocycles. The number of hydrogen-bond acceptors (Lipinski definition) is 0. The van der Waals surface area contributed by atoms with E-state index in [9.17, 15) is 0 Å². The second-order valence-corrected chi connectivity index (χ2v) is 13.7. The lowest BCUT2D eigenvalue weighted by Gasteiger charge is -2.25. The number of benzene rings is 9. The van der Waals surface area contributed by atoms with E-state index in [4.69, 9.17) is 0 Å². The predicted molar refractivity (Wildman–Crippen MR) is 202 cm³/mol. The summed E-state index contributed by atoms with van der Waals surface area (Å²) in [6, 6.07) is 58.7. The zero-order chi connectivity index (χ0) is 31.3. The van der Waals surface area contributed by atoms with Crippen LogP contribution in [0.25, 0.3) is 87.2 Å². The van der Waals surface area contributed by atoms with Gasteiger partial charge in [0.15, 0.2) is 0 Å². The summed E-state index contributed by atoms with van der Waals surface area (Å²) in [5.74, 6) is 0. The lowest BCUT2D eigenvalue weighted by atomic mass is 9.77. The first kappa shape index (κ1) is 26.5. The van der Waals surface area contributed by atoms with Crippen LogP contribution in [0.3, 0.4) is 0 Å². The van der Waals surface area contributed by atoms with Gasteiger partial charge < -0.3 is 0 Å². The fourth-order valence-electron chi connectivity index (χ4n) is 8.75. The molecule has 220 valence electrons. The van der Waals surface area contributed by atoms with Gasteiger partial charge >= 0.3 is 0 Å². The SMILES string of the molecule is CC1(C)c2c(ccc3cc(-c4cccc(-c5cc6ccccc6c6ccccc56)c4)ccc23)-c2c1c1ccccc1c1ccccc21. The molecule has 0 aromatic heterocycles. The first-order valence-electron chi connectivity index (χ1n) is 16.6. The van der Waals surface area contributed by atoms with Gasteiger partial charge in [0.25, 0.3) is 0 Å². The third-order valence-corrected chi connectivity index (χ3v) is 10.7.